The average molecular weight is 282 g/mol. The Morgan fingerprint density at radius 1 is 1.14 bits per heavy atom. The van der Waals surface area contributed by atoms with Gasteiger partial charge in [-0.05, 0) is 24.6 Å². The molecular weight excluding hydrogens is 260 g/mol. The number of fused-ring (bicyclic) bond motifs is 1. The zero-order valence-electron chi connectivity index (χ0n) is 12.5. The molecule has 2 atom stereocenters. The Labute approximate surface area is 125 Å². The zero-order valence-corrected chi connectivity index (χ0v) is 12.5. The third kappa shape index (κ3) is 2.12. The van der Waals surface area contributed by atoms with E-state index in [9.17, 15) is 0 Å². The lowest BCUT2D eigenvalue weighted by Gasteiger charge is -2.40. The van der Waals surface area contributed by atoms with Crippen molar-refractivity contribution in [2.75, 3.05) is 16.0 Å². The largest absolute Gasteiger partial charge is 0.397 e. The summed E-state index contributed by atoms with van der Waals surface area (Å²) in [5, 5.41) is 3.41. The van der Waals surface area contributed by atoms with Gasteiger partial charge in [-0.3, -0.25) is 5.73 Å². The molecule has 4 heteroatoms. The molecule has 2 aromatic carbocycles. The van der Waals surface area contributed by atoms with Crippen molar-refractivity contribution in [1.29, 1.82) is 0 Å². The van der Waals surface area contributed by atoms with E-state index >= 15 is 0 Å². The van der Waals surface area contributed by atoms with Crippen molar-refractivity contribution in [1.82, 2.24) is 0 Å². The van der Waals surface area contributed by atoms with Gasteiger partial charge in [0, 0.05) is 6.42 Å². The zero-order chi connectivity index (χ0) is 15.0. The van der Waals surface area contributed by atoms with Crippen molar-refractivity contribution in [2.45, 2.75) is 32.1 Å². The van der Waals surface area contributed by atoms with E-state index in [1.807, 2.05) is 18.2 Å². The van der Waals surface area contributed by atoms with Crippen LogP contribution in [-0.2, 0) is 0 Å². The predicted octanol–water partition coefficient (Wildman–Crippen LogP) is 3.28. The number of hydrogen-bond donors (Lipinski definition) is 3. The fraction of sp³-hybridized carbons (Fsp3) is 0.294. The fourth-order valence-corrected chi connectivity index (χ4v) is 3.08. The number of hydrogen-bond acceptors (Lipinski definition) is 4. The first-order valence-electron chi connectivity index (χ1n) is 7.36. The summed E-state index contributed by atoms with van der Waals surface area (Å²) in [6, 6.07) is 16.5. The number of nitrogens with two attached hydrogens (primary N) is 2. The van der Waals surface area contributed by atoms with Crippen LogP contribution in [0.2, 0.25) is 0 Å². The van der Waals surface area contributed by atoms with Crippen LogP contribution in [0.5, 0.6) is 0 Å². The van der Waals surface area contributed by atoms with Crippen LogP contribution in [0.25, 0.3) is 0 Å². The Bertz CT molecular complexity index is 640. The standard InChI is InChI=1S/C17H22N4/c1-3-17(19)20-16-14(18)10-7-11-15(16)21(17)12(2)13-8-5-4-6-9-13/h4-12,20H,3,18-19H2,1-2H3. The van der Waals surface area contributed by atoms with Crippen LogP contribution in [-0.4, -0.2) is 5.79 Å². The summed E-state index contributed by atoms with van der Waals surface area (Å²) in [6.45, 7) is 4.26. The summed E-state index contributed by atoms with van der Waals surface area (Å²) in [7, 11) is 0. The summed E-state index contributed by atoms with van der Waals surface area (Å²) >= 11 is 0. The highest BCUT2D eigenvalue weighted by Crippen LogP contribution is 2.46. The molecule has 0 radical (unpaired) electrons. The second-order valence-corrected chi connectivity index (χ2v) is 5.60. The first-order valence-corrected chi connectivity index (χ1v) is 7.36. The molecule has 110 valence electrons. The molecule has 3 rings (SSSR count). The highest BCUT2D eigenvalue weighted by Gasteiger charge is 2.42. The quantitative estimate of drug-likeness (QED) is 0.756. The van der Waals surface area contributed by atoms with Crippen molar-refractivity contribution in [2.24, 2.45) is 5.73 Å². The maximum atomic E-state index is 6.62. The Balaban J connectivity index is 2.09. The van der Waals surface area contributed by atoms with Crippen molar-refractivity contribution in [3.63, 3.8) is 0 Å². The number of nitrogen functional groups attached to an aromatic ring is 1. The van der Waals surface area contributed by atoms with Crippen molar-refractivity contribution in [3.8, 4) is 0 Å². The van der Waals surface area contributed by atoms with Gasteiger partial charge in [-0.15, -0.1) is 0 Å². The van der Waals surface area contributed by atoms with Gasteiger partial charge >= 0.3 is 0 Å². The molecule has 1 aliphatic heterocycles. The number of para-hydroxylation sites is 1. The van der Waals surface area contributed by atoms with E-state index in [2.05, 4.69) is 54.4 Å². The highest BCUT2D eigenvalue weighted by molar-refractivity contribution is 5.87. The smallest absolute Gasteiger partial charge is 0.164 e. The first-order chi connectivity index (χ1) is 10.1. The summed E-state index contributed by atoms with van der Waals surface area (Å²) in [4.78, 5) is 2.23. The molecule has 0 saturated heterocycles. The summed E-state index contributed by atoms with van der Waals surface area (Å²) in [6.07, 6.45) is 0.776. The number of anilines is 3. The van der Waals surface area contributed by atoms with Crippen LogP contribution in [0.15, 0.2) is 48.5 Å². The lowest BCUT2D eigenvalue weighted by Crippen LogP contribution is -2.58. The van der Waals surface area contributed by atoms with Crippen LogP contribution in [0, 0.1) is 0 Å². The Kier molecular flexibility index (Phi) is 3.26. The lowest BCUT2D eigenvalue weighted by atomic mass is 10.0. The Morgan fingerprint density at radius 3 is 2.52 bits per heavy atom. The maximum Gasteiger partial charge on any atom is 0.164 e. The molecule has 2 unspecified atom stereocenters. The van der Waals surface area contributed by atoms with Gasteiger partial charge in [-0.1, -0.05) is 43.3 Å². The van der Waals surface area contributed by atoms with Crippen molar-refractivity contribution >= 4 is 17.1 Å². The van der Waals surface area contributed by atoms with E-state index in [-0.39, 0.29) is 6.04 Å². The van der Waals surface area contributed by atoms with Gasteiger partial charge in [0.25, 0.3) is 0 Å². The van der Waals surface area contributed by atoms with Crippen LogP contribution in [0.3, 0.4) is 0 Å². The van der Waals surface area contributed by atoms with Gasteiger partial charge in [0.15, 0.2) is 5.79 Å². The van der Waals surface area contributed by atoms with Crippen molar-refractivity contribution in [3.05, 3.63) is 54.1 Å². The van der Waals surface area contributed by atoms with Crippen molar-refractivity contribution < 1.29 is 0 Å². The minimum atomic E-state index is -0.618. The minimum absolute atomic E-state index is 0.159. The Morgan fingerprint density at radius 2 is 1.86 bits per heavy atom. The third-order valence-electron chi connectivity index (χ3n) is 4.31. The van der Waals surface area contributed by atoms with Crippen LogP contribution in [0.4, 0.5) is 17.1 Å². The van der Waals surface area contributed by atoms with Crippen LogP contribution < -0.4 is 21.7 Å². The van der Waals surface area contributed by atoms with E-state index < -0.39 is 5.79 Å². The Hall–Kier alpha value is -2.20. The van der Waals surface area contributed by atoms with E-state index in [0.717, 1.165) is 23.5 Å². The van der Waals surface area contributed by atoms with Gasteiger partial charge in [0.2, 0.25) is 0 Å². The fourth-order valence-electron chi connectivity index (χ4n) is 3.08. The summed E-state index contributed by atoms with van der Waals surface area (Å²) < 4.78 is 0. The summed E-state index contributed by atoms with van der Waals surface area (Å²) in [5.74, 6) is -0.618. The molecule has 5 N–H and O–H groups in total. The number of nitrogens with zero attached hydrogens (tertiary/aromatic N) is 1. The molecule has 0 fully saturated rings. The molecule has 0 amide bonds. The topological polar surface area (TPSA) is 67.3 Å². The molecule has 21 heavy (non-hydrogen) atoms. The SMILES string of the molecule is CCC1(N)Nc2c(N)cccc2N1C(C)c1ccccc1. The van der Waals surface area contributed by atoms with E-state index in [1.165, 1.54) is 5.56 Å². The first kappa shape index (κ1) is 13.8. The second kappa shape index (κ2) is 4.97. The molecule has 0 aromatic heterocycles. The van der Waals surface area contributed by atoms with E-state index in [0.29, 0.717) is 0 Å². The predicted molar refractivity (Wildman–Crippen MR) is 89.0 cm³/mol. The molecule has 0 bridgehead atoms. The van der Waals surface area contributed by atoms with Gasteiger partial charge in [0.05, 0.1) is 23.1 Å². The molecule has 0 spiro atoms. The van der Waals surface area contributed by atoms with Gasteiger partial charge in [0.1, 0.15) is 0 Å². The monoisotopic (exact) mass is 282 g/mol. The van der Waals surface area contributed by atoms with Crippen LogP contribution in [0.1, 0.15) is 31.9 Å². The number of benzene rings is 2. The second-order valence-electron chi connectivity index (χ2n) is 5.60. The van der Waals surface area contributed by atoms with Gasteiger partial charge in [-0.25, -0.2) is 0 Å². The normalized spacial score (nSPS) is 21.8. The van der Waals surface area contributed by atoms with Gasteiger partial charge in [-0.2, -0.15) is 0 Å². The van der Waals surface area contributed by atoms with E-state index in [4.69, 9.17) is 11.5 Å². The van der Waals surface area contributed by atoms with Gasteiger partial charge < -0.3 is 16.0 Å². The highest BCUT2D eigenvalue weighted by atomic mass is 15.5. The molecule has 1 aliphatic rings. The minimum Gasteiger partial charge on any atom is -0.397 e. The number of rotatable bonds is 3. The molecule has 0 saturated carbocycles. The molecule has 4 nitrogen and oxygen atoms in total. The van der Waals surface area contributed by atoms with E-state index in [1.54, 1.807) is 0 Å². The molecule has 0 aliphatic carbocycles. The summed E-state index contributed by atoms with van der Waals surface area (Å²) in [5.41, 5.74) is 16.7. The average Bonchev–Trinajstić information content (AvgIpc) is 2.82. The van der Waals surface area contributed by atoms with Crippen LogP contribution >= 0.6 is 0 Å². The third-order valence-corrected chi connectivity index (χ3v) is 4.31. The maximum absolute atomic E-state index is 6.62. The number of nitrogens with one attached hydrogen (secondary N) is 1. The molecular formula is C17H22N4. The molecule has 1 heterocycles. The molecule has 2 aromatic rings. The lowest BCUT2D eigenvalue weighted by molar-refractivity contribution is 0.418.